The van der Waals surface area contributed by atoms with Crippen LogP contribution in [0.2, 0.25) is 5.02 Å². The first-order valence-electron chi connectivity index (χ1n) is 6.82. The van der Waals surface area contributed by atoms with Crippen molar-refractivity contribution in [1.29, 1.82) is 0 Å². The molecule has 0 aliphatic carbocycles. The quantitative estimate of drug-likeness (QED) is 0.817. The Bertz CT molecular complexity index is 525. The standard InChI is InChI=1S/C16H19ClN2S/c1-3-10-18-12(2)13-4-9-16(19-11-13)20-15-7-5-14(17)6-8-15/h4-9,11-12,18H,3,10H2,1-2H3. The van der Waals surface area contributed by atoms with Crippen LogP contribution in [-0.4, -0.2) is 11.5 Å². The maximum Gasteiger partial charge on any atom is 0.101 e. The second-order valence-electron chi connectivity index (χ2n) is 4.66. The van der Waals surface area contributed by atoms with E-state index in [2.05, 4.69) is 36.3 Å². The molecule has 0 spiro atoms. The molecule has 0 bridgehead atoms. The lowest BCUT2D eigenvalue weighted by Gasteiger charge is -2.13. The predicted octanol–water partition coefficient (Wildman–Crippen LogP) is 4.95. The second kappa shape index (κ2) is 7.67. The average Bonchev–Trinajstić information content (AvgIpc) is 2.48. The van der Waals surface area contributed by atoms with Crippen LogP contribution in [0.3, 0.4) is 0 Å². The fourth-order valence-corrected chi connectivity index (χ4v) is 2.69. The van der Waals surface area contributed by atoms with Crippen LogP contribution in [0.4, 0.5) is 0 Å². The Morgan fingerprint density at radius 1 is 1.20 bits per heavy atom. The second-order valence-corrected chi connectivity index (χ2v) is 6.19. The minimum atomic E-state index is 0.344. The van der Waals surface area contributed by atoms with E-state index in [1.54, 1.807) is 11.8 Å². The minimum Gasteiger partial charge on any atom is -0.310 e. The summed E-state index contributed by atoms with van der Waals surface area (Å²) in [5, 5.41) is 5.22. The highest BCUT2D eigenvalue weighted by Crippen LogP contribution is 2.27. The number of pyridine rings is 1. The van der Waals surface area contributed by atoms with E-state index in [4.69, 9.17) is 11.6 Å². The summed E-state index contributed by atoms with van der Waals surface area (Å²) in [7, 11) is 0. The van der Waals surface area contributed by atoms with Gasteiger partial charge in [0.1, 0.15) is 5.03 Å². The number of nitrogens with zero attached hydrogens (tertiary/aromatic N) is 1. The van der Waals surface area contributed by atoms with E-state index in [1.807, 2.05) is 30.5 Å². The molecule has 0 fully saturated rings. The smallest absolute Gasteiger partial charge is 0.101 e. The molecular weight excluding hydrogens is 288 g/mol. The predicted molar refractivity (Wildman–Crippen MR) is 86.5 cm³/mol. The molecule has 20 heavy (non-hydrogen) atoms. The number of aromatic nitrogens is 1. The van der Waals surface area contributed by atoms with Crippen molar-refractivity contribution >= 4 is 23.4 Å². The Kier molecular flexibility index (Phi) is 5.89. The van der Waals surface area contributed by atoms with Gasteiger partial charge >= 0.3 is 0 Å². The summed E-state index contributed by atoms with van der Waals surface area (Å²) in [5.41, 5.74) is 1.22. The van der Waals surface area contributed by atoms with E-state index >= 15 is 0 Å². The van der Waals surface area contributed by atoms with Gasteiger partial charge in [-0.15, -0.1) is 0 Å². The highest BCUT2D eigenvalue weighted by molar-refractivity contribution is 7.99. The van der Waals surface area contributed by atoms with E-state index in [0.717, 1.165) is 27.9 Å². The fourth-order valence-electron chi connectivity index (χ4n) is 1.81. The van der Waals surface area contributed by atoms with Crippen molar-refractivity contribution in [2.45, 2.75) is 36.2 Å². The molecule has 0 amide bonds. The summed E-state index contributed by atoms with van der Waals surface area (Å²) < 4.78 is 0. The van der Waals surface area contributed by atoms with Gasteiger partial charge in [-0.05, 0) is 55.8 Å². The third-order valence-corrected chi connectivity index (χ3v) is 4.21. The Balaban J connectivity index is 1.99. The van der Waals surface area contributed by atoms with Gasteiger partial charge in [0.25, 0.3) is 0 Å². The van der Waals surface area contributed by atoms with Crippen molar-refractivity contribution in [1.82, 2.24) is 10.3 Å². The monoisotopic (exact) mass is 306 g/mol. The lowest BCUT2D eigenvalue weighted by Crippen LogP contribution is -2.19. The zero-order valence-electron chi connectivity index (χ0n) is 11.8. The molecule has 2 aromatic rings. The van der Waals surface area contributed by atoms with Gasteiger partial charge in [-0.2, -0.15) is 0 Å². The first-order chi connectivity index (χ1) is 9.69. The zero-order chi connectivity index (χ0) is 14.4. The maximum atomic E-state index is 5.88. The van der Waals surface area contributed by atoms with Crippen LogP contribution in [0.25, 0.3) is 0 Å². The summed E-state index contributed by atoms with van der Waals surface area (Å²) in [6, 6.07) is 12.4. The zero-order valence-corrected chi connectivity index (χ0v) is 13.3. The Morgan fingerprint density at radius 3 is 2.55 bits per heavy atom. The Morgan fingerprint density at radius 2 is 1.95 bits per heavy atom. The molecule has 1 atom stereocenters. The van der Waals surface area contributed by atoms with E-state index < -0.39 is 0 Å². The number of benzene rings is 1. The molecular formula is C16H19ClN2S. The molecule has 1 unspecified atom stereocenters. The number of hydrogen-bond acceptors (Lipinski definition) is 3. The van der Waals surface area contributed by atoms with Gasteiger partial charge in [0.2, 0.25) is 0 Å². The largest absolute Gasteiger partial charge is 0.310 e. The van der Waals surface area contributed by atoms with Crippen molar-refractivity contribution in [3.63, 3.8) is 0 Å². The van der Waals surface area contributed by atoms with Gasteiger partial charge in [-0.3, -0.25) is 0 Å². The third-order valence-electron chi connectivity index (χ3n) is 3.00. The van der Waals surface area contributed by atoms with Gasteiger partial charge < -0.3 is 5.32 Å². The minimum absolute atomic E-state index is 0.344. The van der Waals surface area contributed by atoms with Crippen LogP contribution in [0.1, 0.15) is 31.9 Å². The van der Waals surface area contributed by atoms with Crippen molar-refractivity contribution in [3.05, 3.63) is 53.2 Å². The Hall–Kier alpha value is -1.03. The molecule has 0 aliphatic rings. The number of rotatable bonds is 6. The van der Waals surface area contributed by atoms with E-state index in [1.165, 1.54) is 5.56 Å². The summed E-state index contributed by atoms with van der Waals surface area (Å²) >= 11 is 7.52. The normalized spacial score (nSPS) is 12.3. The Labute approximate surface area is 130 Å². The van der Waals surface area contributed by atoms with Gasteiger partial charge in [0.15, 0.2) is 0 Å². The molecule has 0 aliphatic heterocycles. The van der Waals surface area contributed by atoms with Crippen LogP contribution in [0.5, 0.6) is 0 Å². The van der Waals surface area contributed by atoms with Crippen LogP contribution < -0.4 is 5.32 Å². The summed E-state index contributed by atoms with van der Waals surface area (Å²) in [4.78, 5) is 5.66. The van der Waals surface area contributed by atoms with Crippen molar-refractivity contribution in [2.75, 3.05) is 6.54 Å². The molecule has 4 heteroatoms. The molecule has 2 nitrogen and oxygen atoms in total. The van der Waals surface area contributed by atoms with Gasteiger partial charge in [-0.25, -0.2) is 4.98 Å². The van der Waals surface area contributed by atoms with E-state index in [-0.39, 0.29) is 0 Å². The SMILES string of the molecule is CCCNC(C)c1ccc(Sc2ccc(Cl)cc2)nc1. The topological polar surface area (TPSA) is 24.9 Å². The van der Waals surface area contributed by atoms with Crippen LogP contribution in [0, 0.1) is 0 Å². The van der Waals surface area contributed by atoms with Crippen molar-refractivity contribution in [3.8, 4) is 0 Å². The van der Waals surface area contributed by atoms with Crippen molar-refractivity contribution in [2.24, 2.45) is 0 Å². The van der Waals surface area contributed by atoms with Gasteiger partial charge in [0, 0.05) is 22.2 Å². The first-order valence-corrected chi connectivity index (χ1v) is 8.01. The lowest BCUT2D eigenvalue weighted by molar-refractivity contribution is 0.568. The molecule has 0 radical (unpaired) electrons. The summed E-state index contributed by atoms with van der Waals surface area (Å²) in [5.74, 6) is 0. The van der Waals surface area contributed by atoms with Gasteiger partial charge in [-0.1, -0.05) is 36.4 Å². The van der Waals surface area contributed by atoms with Crippen molar-refractivity contribution < 1.29 is 0 Å². The molecule has 1 N–H and O–H groups in total. The molecule has 1 aromatic heterocycles. The van der Waals surface area contributed by atoms with Gasteiger partial charge in [0.05, 0.1) is 0 Å². The number of nitrogens with one attached hydrogen (secondary N) is 1. The van der Waals surface area contributed by atoms with Crippen LogP contribution >= 0.6 is 23.4 Å². The number of halogens is 1. The molecule has 0 saturated carbocycles. The molecule has 1 heterocycles. The number of hydrogen-bond donors (Lipinski definition) is 1. The molecule has 1 aromatic carbocycles. The fraction of sp³-hybridized carbons (Fsp3) is 0.312. The van der Waals surface area contributed by atoms with Crippen LogP contribution in [0.15, 0.2) is 52.5 Å². The van der Waals surface area contributed by atoms with E-state index in [0.29, 0.717) is 6.04 Å². The molecule has 0 saturated heterocycles. The molecule has 2 rings (SSSR count). The highest BCUT2D eigenvalue weighted by Gasteiger charge is 2.05. The van der Waals surface area contributed by atoms with E-state index in [9.17, 15) is 0 Å². The first kappa shape index (κ1) is 15.4. The highest BCUT2D eigenvalue weighted by atomic mass is 35.5. The average molecular weight is 307 g/mol. The third kappa shape index (κ3) is 4.51. The lowest BCUT2D eigenvalue weighted by atomic mass is 10.1. The van der Waals surface area contributed by atoms with Crippen LogP contribution in [-0.2, 0) is 0 Å². The molecule has 106 valence electrons. The summed E-state index contributed by atoms with van der Waals surface area (Å²) in [6.07, 6.45) is 3.09. The maximum absolute atomic E-state index is 5.88. The summed E-state index contributed by atoms with van der Waals surface area (Å²) in [6.45, 7) is 5.37.